The van der Waals surface area contributed by atoms with E-state index in [1.54, 1.807) is 0 Å². The molecule has 1 aromatic heterocycles. The van der Waals surface area contributed by atoms with Crippen LogP contribution in [0.3, 0.4) is 0 Å². The minimum absolute atomic E-state index is 0.0617. The SMILES string of the molecule is CCN(CC)c1ccc(NC(=O)C[NH+]2CCN(c3nc(C)cc(C)n3)CC2)cc1. The molecule has 0 radical (unpaired) electrons. The first-order valence-corrected chi connectivity index (χ1v) is 10.5. The van der Waals surface area contributed by atoms with Crippen LogP contribution in [0.25, 0.3) is 0 Å². The van der Waals surface area contributed by atoms with Gasteiger partial charge in [-0.05, 0) is 58.0 Å². The van der Waals surface area contributed by atoms with E-state index in [9.17, 15) is 4.79 Å². The van der Waals surface area contributed by atoms with Crippen molar-refractivity contribution < 1.29 is 9.69 Å². The Kier molecular flexibility index (Phi) is 7.04. The molecule has 156 valence electrons. The molecule has 0 spiro atoms. The summed E-state index contributed by atoms with van der Waals surface area (Å²) in [6.07, 6.45) is 0. The van der Waals surface area contributed by atoms with Crippen molar-refractivity contribution >= 4 is 23.2 Å². The van der Waals surface area contributed by atoms with Crippen LogP contribution in [0.15, 0.2) is 30.3 Å². The van der Waals surface area contributed by atoms with Gasteiger partial charge < -0.3 is 20.0 Å². The Bertz CT molecular complexity index is 790. The first-order valence-electron chi connectivity index (χ1n) is 10.5. The van der Waals surface area contributed by atoms with Crippen LogP contribution in [0.5, 0.6) is 0 Å². The minimum atomic E-state index is 0.0617. The molecular weight excluding hydrogens is 364 g/mol. The molecule has 2 N–H and O–H groups in total. The molecule has 1 aliphatic heterocycles. The summed E-state index contributed by atoms with van der Waals surface area (Å²) in [7, 11) is 0. The number of anilines is 3. The van der Waals surface area contributed by atoms with Crippen molar-refractivity contribution in [3.05, 3.63) is 41.7 Å². The molecule has 2 aromatic rings. The molecule has 1 fully saturated rings. The first-order chi connectivity index (χ1) is 14.0. The van der Waals surface area contributed by atoms with Crippen LogP contribution >= 0.6 is 0 Å². The van der Waals surface area contributed by atoms with E-state index in [1.165, 1.54) is 10.6 Å². The van der Waals surface area contributed by atoms with Gasteiger partial charge in [0.25, 0.3) is 5.91 Å². The smallest absolute Gasteiger partial charge is 0.279 e. The maximum Gasteiger partial charge on any atom is 0.279 e. The van der Waals surface area contributed by atoms with E-state index in [0.717, 1.165) is 62.3 Å². The number of piperazine rings is 1. The molecular formula is C22H33N6O+. The Morgan fingerprint density at radius 3 is 2.21 bits per heavy atom. The van der Waals surface area contributed by atoms with E-state index in [2.05, 4.69) is 51.1 Å². The lowest BCUT2D eigenvalue weighted by Gasteiger charge is -2.32. The molecule has 0 aliphatic carbocycles. The van der Waals surface area contributed by atoms with Gasteiger partial charge in [0, 0.05) is 35.9 Å². The lowest BCUT2D eigenvalue weighted by molar-refractivity contribution is -0.892. The highest BCUT2D eigenvalue weighted by Crippen LogP contribution is 2.17. The fourth-order valence-corrected chi connectivity index (χ4v) is 3.83. The van der Waals surface area contributed by atoms with Crippen molar-refractivity contribution in [1.29, 1.82) is 0 Å². The number of nitrogens with one attached hydrogen (secondary N) is 2. The molecule has 3 rings (SSSR count). The summed E-state index contributed by atoms with van der Waals surface area (Å²) in [5.74, 6) is 0.867. The Labute approximate surface area is 173 Å². The van der Waals surface area contributed by atoms with Crippen LogP contribution in [0.1, 0.15) is 25.2 Å². The number of aryl methyl sites for hydroxylation is 2. The van der Waals surface area contributed by atoms with E-state index in [4.69, 9.17) is 0 Å². The maximum atomic E-state index is 12.5. The molecule has 0 unspecified atom stereocenters. The summed E-state index contributed by atoms with van der Waals surface area (Å²) in [6.45, 7) is 14.3. The van der Waals surface area contributed by atoms with Crippen molar-refractivity contribution in [3.63, 3.8) is 0 Å². The third-order valence-corrected chi connectivity index (χ3v) is 5.41. The van der Waals surface area contributed by atoms with Gasteiger partial charge >= 0.3 is 0 Å². The number of rotatable bonds is 7. The molecule has 0 bridgehead atoms. The van der Waals surface area contributed by atoms with Gasteiger partial charge in [-0.2, -0.15) is 0 Å². The number of hydrogen-bond donors (Lipinski definition) is 2. The summed E-state index contributed by atoms with van der Waals surface area (Å²) >= 11 is 0. The molecule has 1 saturated heterocycles. The summed E-state index contributed by atoms with van der Waals surface area (Å²) in [4.78, 5) is 27.4. The molecule has 0 atom stereocenters. The number of carbonyl (C=O) groups excluding carboxylic acids is 1. The summed E-state index contributed by atoms with van der Waals surface area (Å²) < 4.78 is 0. The minimum Gasteiger partial charge on any atom is -0.372 e. The standard InChI is InChI=1S/C22H32N6O/c1-5-27(6-2)20-9-7-19(8-10-20)25-21(29)16-26-11-13-28(14-12-26)22-23-17(3)15-18(4)24-22/h7-10,15H,5-6,11-14,16H2,1-4H3,(H,25,29)/p+1. The normalized spacial score (nSPS) is 14.7. The number of carbonyl (C=O) groups is 1. The van der Waals surface area contributed by atoms with Crippen LogP contribution < -0.4 is 20.0 Å². The average Bonchev–Trinajstić information content (AvgIpc) is 2.70. The second-order valence-corrected chi connectivity index (χ2v) is 7.63. The average molecular weight is 398 g/mol. The van der Waals surface area contributed by atoms with Gasteiger partial charge in [-0.15, -0.1) is 0 Å². The number of quaternary nitrogens is 1. The van der Waals surface area contributed by atoms with Crippen molar-refractivity contribution in [2.24, 2.45) is 0 Å². The predicted octanol–water partition coefficient (Wildman–Crippen LogP) is 1.28. The zero-order valence-electron chi connectivity index (χ0n) is 18.0. The monoisotopic (exact) mass is 397 g/mol. The number of nitrogens with zero attached hydrogens (tertiary/aromatic N) is 4. The van der Waals surface area contributed by atoms with E-state index in [-0.39, 0.29) is 5.91 Å². The molecule has 0 saturated carbocycles. The molecule has 1 amide bonds. The Hall–Kier alpha value is -2.67. The van der Waals surface area contributed by atoms with Crippen LogP contribution in [0, 0.1) is 13.8 Å². The predicted molar refractivity (Wildman–Crippen MR) is 118 cm³/mol. The zero-order valence-corrected chi connectivity index (χ0v) is 18.0. The maximum absolute atomic E-state index is 12.5. The van der Waals surface area contributed by atoms with Crippen molar-refractivity contribution in [3.8, 4) is 0 Å². The van der Waals surface area contributed by atoms with Gasteiger partial charge in [0.15, 0.2) is 6.54 Å². The van der Waals surface area contributed by atoms with Crippen molar-refractivity contribution in [2.45, 2.75) is 27.7 Å². The van der Waals surface area contributed by atoms with Gasteiger partial charge in [0.05, 0.1) is 26.2 Å². The molecule has 7 nitrogen and oxygen atoms in total. The Balaban J connectivity index is 1.48. The van der Waals surface area contributed by atoms with E-state index < -0.39 is 0 Å². The third-order valence-electron chi connectivity index (χ3n) is 5.41. The lowest BCUT2D eigenvalue weighted by Crippen LogP contribution is -3.15. The van der Waals surface area contributed by atoms with Crippen LogP contribution in [-0.4, -0.2) is 61.7 Å². The number of amides is 1. The van der Waals surface area contributed by atoms with Gasteiger partial charge in [0.1, 0.15) is 0 Å². The molecule has 2 heterocycles. The Morgan fingerprint density at radius 2 is 1.66 bits per heavy atom. The lowest BCUT2D eigenvalue weighted by atomic mass is 10.2. The van der Waals surface area contributed by atoms with Crippen LogP contribution in [0.2, 0.25) is 0 Å². The quantitative estimate of drug-likeness (QED) is 0.737. The largest absolute Gasteiger partial charge is 0.372 e. The number of aromatic nitrogens is 2. The second-order valence-electron chi connectivity index (χ2n) is 7.63. The van der Waals surface area contributed by atoms with Gasteiger partial charge in [-0.3, -0.25) is 4.79 Å². The van der Waals surface area contributed by atoms with Crippen molar-refractivity contribution in [2.75, 3.05) is 60.9 Å². The number of benzene rings is 1. The molecule has 1 aromatic carbocycles. The van der Waals surface area contributed by atoms with Crippen LogP contribution in [-0.2, 0) is 4.79 Å². The highest BCUT2D eigenvalue weighted by atomic mass is 16.2. The van der Waals surface area contributed by atoms with E-state index in [0.29, 0.717) is 6.54 Å². The highest BCUT2D eigenvalue weighted by molar-refractivity contribution is 5.91. The summed E-state index contributed by atoms with van der Waals surface area (Å²) in [6, 6.07) is 10.1. The first kappa shape index (κ1) is 21.0. The Morgan fingerprint density at radius 1 is 1.07 bits per heavy atom. The number of hydrogen-bond acceptors (Lipinski definition) is 5. The van der Waals surface area contributed by atoms with E-state index in [1.807, 2.05) is 32.0 Å². The molecule has 1 aliphatic rings. The second kappa shape index (κ2) is 9.69. The third kappa shape index (κ3) is 5.67. The van der Waals surface area contributed by atoms with Gasteiger partial charge in [-0.25, -0.2) is 9.97 Å². The van der Waals surface area contributed by atoms with E-state index >= 15 is 0 Å². The zero-order chi connectivity index (χ0) is 20.8. The fourth-order valence-electron chi connectivity index (χ4n) is 3.83. The van der Waals surface area contributed by atoms with Crippen molar-refractivity contribution in [1.82, 2.24) is 9.97 Å². The summed E-state index contributed by atoms with van der Waals surface area (Å²) in [5.41, 5.74) is 4.03. The molecule has 7 heteroatoms. The van der Waals surface area contributed by atoms with Gasteiger partial charge in [-0.1, -0.05) is 0 Å². The molecule has 29 heavy (non-hydrogen) atoms. The van der Waals surface area contributed by atoms with Gasteiger partial charge in [0.2, 0.25) is 5.95 Å². The van der Waals surface area contributed by atoms with Crippen LogP contribution in [0.4, 0.5) is 17.3 Å². The topological polar surface area (TPSA) is 65.8 Å². The summed E-state index contributed by atoms with van der Waals surface area (Å²) in [5, 5.41) is 3.03. The fraction of sp³-hybridized carbons (Fsp3) is 0.500. The highest BCUT2D eigenvalue weighted by Gasteiger charge is 2.24.